The highest BCUT2D eigenvalue weighted by atomic mass is 32.2. The van der Waals surface area contributed by atoms with Crippen molar-refractivity contribution in [3.05, 3.63) is 0 Å². The number of hydrogen-bond acceptors (Lipinski definition) is 5. The summed E-state index contributed by atoms with van der Waals surface area (Å²) in [5.74, 6) is -0.951. The molecule has 3 aliphatic heterocycles. The molecule has 5 atom stereocenters. The summed E-state index contributed by atoms with van der Waals surface area (Å²) in [7, 11) is 1.62. The van der Waals surface area contributed by atoms with Gasteiger partial charge in [-0.2, -0.15) is 0 Å². The van der Waals surface area contributed by atoms with Gasteiger partial charge in [-0.3, -0.25) is 14.4 Å². The molecule has 0 saturated carbocycles. The number of nitrogens with one attached hydrogen (secondary N) is 2. The van der Waals surface area contributed by atoms with E-state index in [-0.39, 0.29) is 41.5 Å². The minimum Gasteiger partial charge on any atom is -0.396 e. The first-order chi connectivity index (χ1) is 13.4. The number of rotatable bonds is 9. The largest absolute Gasteiger partial charge is 0.396 e. The zero-order valence-corrected chi connectivity index (χ0v) is 17.9. The maximum absolute atomic E-state index is 13.4. The molecule has 3 rings (SSSR count). The van der Waals surface area contributed by atoms with Gasteiger partial charge in [-0.25, -0.2) is 0 Å². The molecule has 0 aromatic carbocycles. The first-order valence-corrected chi connectivity index (χ1v) is 11.4. The van der Waals surface area contributed by atoms with Gasteiger partial charge in [0.05, 0.1) is 16.6 Å². The van der Waals surface area contributed by atoms with Crippen LogP contribution in [0.4, 0.5) is 0 Å². The van der Waals surface area contributed by atoms with Crippen molar-refractivity contribution in [3.63, 3.8) is 0 Å². The summed E-state index contributed by atoms with van der Waals surface area (Å²) in [5, 5.41) is 14.8. The van der Waals surface area contributed by atoms with Crippen molar-refractivity contribution in [2.75, 3.05) is 20.2 Å². The number of likely N-dealkylation sites (tertiary alicyclic amines) is 1. The Balaban J connectivity index is 1.85. The molecule has 2 bridgehead atoms. The molecule has 3 saturated heterocycles. The number of fused-ring (bicyclic) bond motifs is 1. The highest BCUT2D eigenvalue weighted by molar-refractivity contribution is 8.02. The number of unbranched alkanes of at least 4 members (excludes halogenated alkanes) is 3. The predicted octanol–water partition coefficient (Wildman–Crippen LogP) is 0.901. The maximum Gasteiger partial charge on any atom is 0.244 e. The molecule has 28 heavy (non-hydrogen) atoms. The monoisotopic (exact) mass is 411 g/mol. The van der Waals surface area contributed by atoms with Crippen LogP contribution >= 0.6 is 11.8 Å². The van der Waals surface area contributed by atoms with Crippen LogP contribution in [-0.4, -0.2) is 70.0 Å². The fourth-order valence-electron chi connectivity index (χ4n) is 5.27. The number of amides is 3. The third-order valence-corrected chi connectivity index (χ3v) is 8.29. The van der Waals surface area contributed by atoms with Gasteiger partial charge in [-0.15, -0.1) is 11.8 Å². The number of nitrogens with zero attached hydrogens (tertiary/aromatic N) is 1. The van der Waals surface area contributed by atoms with E-state index in [4.69, 9.17) is 5.11 Å². The van der Waals surface area contributed by atoms with Gasteiger partial charge < -0.3 is 20.6 Å². The van der Waals surface area contributed by atoms with Crippen molar-refractivity contribution in [1.29, 1.82) is 0 Å². The second-order valence-electron chi connectivity index (χ2n) is 8.50. The molecule has 3 heterocycles. The summed E-state index contributed by atoms with van der Waals surface area (Å²) in [5.41, 5.74) is 0. The summed E-state index contributed by atoms with van der Waals surface area (Å²) in [4.78, 5) is 40.9. The molecule has 3 aliphatic rings. The van der Waals surface area contributed by atoms with Crippen molar-refractivity contribution in [2.45, 2.75) is 74.5 Å². The predicted molar refractivity (Wildman–Crippen MR) is 109 cm³/mol. The van der Waals surface area contributed by atoms with Gasteiger partial charge in [0, 0.05) is 31.5 Å². The van der Waals surface area contributed by atoms with E-state index in [1.807, 2.05) is 13.8 Å². The minimum absolute atomic E-state index is 0.00259. The summed E-state index contributed by atoms with van der Waals surface area (Å²) < 4.78 is -0.483. The second-order valence-corrected chi connectivity index (χ2v) is 10.1. The lowest BCUT2D eigenvalue weighted by Gasteiger charge is -2.34. The zero-order valence-electron chi connectivity index (χ0n) is 17.1. The third-order valence-electron chi connectivity index (χ3n) is 6.34. The topological polar surface area (TPSA) is 98.7 Å². The molecule has 0 aromatic rings. The van der Waals surface area contributed by atoms with Gasteiger partial charge in [-0.1, -0.05) is 12.8 Å². The number of aliphatic hydroxyl groups is 1. The molecule has 3 N–H and O–H groups in total. The molecule has 0 radical (unpaired) electrons. The first kappa shape index (κ1) is 21.4. The minimum atomic E-state index is -0.505. The van der Waals surface area contributed by atoms with Crippen LogP contribution in [0.3, 0.4) is 0 Å². The molecule has 2 unspecified atom stereocenters. The van der Waals surface area contributed by atoms with Crippen LogP contribution in [0, 0.1) is 11.8 Å². The second kappa shape index (κ2) is 8.61. The van der Waals surface area contributed by atoms with Crippen molar-refractivity contribution in [1.82, 2.24) is 15.5 Å². The van der Waals surface area contributed by atoms with Gasteiger partial charge in [0.25, 0.3) is 0 Å². The highest BCUT2D eigenvalue weighted by Gasteiger charge is 2.73. The number of carbonyl (C=O) groups excluding carboxylic acids is 3. The van der Waals surface area contributed by atoms with Crippen LogP contribution in [0.15, 0.2) is 0 Å². The Bertz CT molecular complexity index is 629. The number of carbonyl (C=O) groups is 3. The number of aliphatic hydroxyl groups excluding tert-OH is 1. The maximum atomic E-state index is 13.4. The van der Waals surface area contributed by atoms with E-state index in [1.54, 1.807) is 23.7 Å². The summed E-state index contributed by atoms with van der Waals surface area (Å²) in [6.45, 7) is 4.56. The Morgan fingerprint density at radius 1 is 1.25 bits per heavy atom. The SMILES string of the molecule is CNC(=O)[C@@H]1[C@H]2C(=O)N(CCCCCCO)C(C(=O)NC(C)C)C23CC[C@H]1S3. The molecule has 7 nitrogen and oxygen atoms in total. The fraction of sp³-hybridized carbons (Fsp3) is 0.850. The summed E-state index contributed by atoms with van der Waals surface area (Å²) in [6.07, 6.45) is 5.07. The average molecular weight is 412 g/mol. The molecule has 0 aromatic heterocycles. The van der Waals surface area contributed by atoms with Crippen LogP contribution in [0.5, 0.6) is 0 Å². The van der Waals surface area contributed by atoms with E-state index in [1.165, 1.54) is 0 Å². The quantitative estimate of drug-likeness (QED) is 0.490. The smallest absolute Gasteiger partial charge is 0.244 e. The van der Waals surface area contributed by atoms with Crippen LogP contribution in [0.2, 0.25) is 0 Å². The Labute approximate surface area is 171 Å². The van der Waals surface area contributed by atoms with Gasteiger partial charge in [0.1, 0.15) is 6.04 Å². The lowest BCUT2D eigenvalue weighted by Crippen LogP contribution is -2.54. The normalized spacial score (nSPS) is 33.5. The molecule has 1 spiro atoms. The summed E-state index contributed by atoms with van der Waals surface area (Å²) in [6, 6.07) is -0.502. The lowest BCUT2D eigenvalue weighted by atomic mass is 9.70. The van der Waals surface area contributed by atoms with Gasteiger partial charge >= 0.3 is 0 Å². The Morgan fingerprint density at radius 2 is 1.96 bits per heavy atom. The van der Waals surface area contributed by atoms with E-state index in [0.717, 1.165) is 38.5 Å². The van der Waals surface area contributed by atoms with Crippen molar-refractivity contribution >= 4 is 29.5 Å². The van der Waals surface area contributed by atoms with Crippen LogP contribution in [0.25, 0.3) is 0 Å². The van der Waals surface area contributed by atoms with Gasteiger partial charge in [0.2, 0.25) is 17.7 Å². The van der Waals surface area contributed by atoms with Crippen molar-refractivity contribution in [2.24, 2.45) is 11.8 Å². The van der Waals surface area contributed by atoms with E-state index < -0.39 is 16.7 Å². The lowest BCUT2D eigenvalue weighted by molar-refractivity contribution is -0.140. The molecule has 158 valence electrons. The molecule has 3 amide bonds. The van der Waals surface area contributed by atoms with E-state index in [2.05, 4.69) is 10.6 Å². The van der Waals surface area contributed by atoms with E-state index in [9.17, 15) is 14.4 Å². The standard InChI is InChI=1S/C20H33N3O4S/c1-12(2)22-18(26)16-20-9-8-13(28-20)14(17(25)21-3)15(20)19(27)23(16)10-6-4-5-7-11-24/h12-16,24H,4-11H2,1-3H3,(H,21,25)(H,22,26)/t13-,14+,15+,16?,20?/m1/s1. The third kappa shape index (κ3) is 3.54. The summed E-state index contributed by atoms with van der Waals surface area (Å²) >= 11 is 1.70. The molecule has 8 heteroatoms. The molecule has 3 fully saturated rings. The Hall–Kier alpha value is -1.28. The van der Waals surface area contributed by atoms with Gasteiger partial charge in [-0.05, 0) is 39.5 Å². The Morgan fingerprint density at radius 3 is 2.61 bits per heavy atom. The zero-order chi connectivity index (χ0) is 20.5. The van der Waals surface area contributed by atoms with Crippen LogP contribution in [0.1, 0.15) is 52.4 Å². The van der Waals surface area contributed by atoms with Crippen LogP contribution in [-0.2, 0) is 14.4 Å². The average Bonchev–Trinajstić information content (AvgIpc) is 3.28. The van der Waals surface area contributed by atoms with E-state index in [0.29, 0.717) is 6.54 Å². The molecule has 0 aliphatic carbocycles. The van der Waals surface area contributed by atoms with Gasteiger partial charge in [0.15, 0.2) is 0 Å². The highest BCUT2D eigenvalue weighted by Crippen LogP contribution is 2.66. The van der Waals surface area contributed by atoms with Crippen molar-refractivity contribution in [3.8, 4) is 0 Å². The molecular weight excluding hydrogens is 378 g/mol. The van der Waals surface area contributed by atoms with Crippen molar-refractivity contribution < 1.29 is 19.5 Å². The van der Waals surface area contributed by atoms with Crippen LogP contribution < -0.4 is 10.6 Å². The number of thioether (sulfide) groups is 1. The fourth-order valence-corrected chi connectivity index (χ4v) is 7.49. The van der Waals surface area contributed by atoms with E-state index >= 15 is 0 Å². The molecular formula is C20H33N3O4S. The first-order valence-electron chi connectivity index (χ1n) is 10.5. The Kier molecular flexibility index (Phi) is 6.59. The number of hydrogen-bond donors (Lipinski definition) is 3.